The second-order valence-corrected chi connectivity index (χ2v) is 8.50. The molecule has 0 fully saturated rings. The Hall–Kier alpha value is -2.54. The zero-order valence-corrected chi connectivity index (χ0v) is 18.9. The fraction of sp³-hybridized carbons (Fsp3) is 0.379. The zero-order valence-electron chi connectivity index (χ0n) is 18.9. The zero-order chi connectivity index (χ0) is 21.2. The number of rotatable bonds is 11. The molecule has 0 saturated heterocycles. The second-order valence-electron chi connectivity index (χ2n) is 8.50. The average Bonchev–Trinajstić information content (AvgIpc) is 2.79. The molecule has 1 nitrogen and oxygen atoms in total. The molecule has 3 aromatic rings. The van der Waals surface area contributed by atoms with E-state index in [0.29, 0.717) is 6.61 Å². The molecular formula is C29H36O. The first kappa shape index (κ1) is 22.2. The molecule has 1 atom stereocenters. The lowest BCUT2D eigenvalue weighted by Crippen LogP contribution is -1.98. The Morgan fingerprint density at radius 1 is 0.667 bits per heavy atom. The van der Waals surface area contributed by atoms with Crippen molar-refractivity contribution in [3.63, 3.8) is 0 Å². The van der Waals surface area contributed by atoms with Crippen molar-refractivity contribution in [2.75, 3.05) is 0 Å². The predicted molar refractivity (Wildman–Crippen MR) is 129 cm³/mol. The van der Waals surface area contributed by atoms with Crippen LogP contribution in [0.2, 0.25) is 0 Å². The molecule has 0 aliphatic rings. The van der Waals surface area contributed by atoms with Crippen molar-refractivity contribution in [2.45, 2.75) is 65.9 Å². The van der Waals surface area contributed by atoms with Crippen LogP contribution in [0.4, 0.5) is 0 Å². The summed E-state index contributed by atoms with van der Waals surface area (Å²) in [7, 11) is 0. The van der Waals surface area contributed by atoms with Gasteiger partial charge in [0.1, 0.15) is 12.4 Å². The van der Waals surface area contributed by atoms with Gasteiger partial charge in [0.25, 0.3) is 0 Å². The van der Waals surface area contributed by atoms with E-state index in [4.69, 9.17) is 4.74 Å². The standard InChI is InChI=1S/C29H36O/c1-4-6-7-8-24-9-15-27(16-10-24)28-17-11-26(12-18-28)22-30-29-19-13-25(14-20-29)21-23(3)5-2/h9-20,23H,4-8,21-22H2,1-3H3. The minimum absolute atomic E-state index is 0.599. The average molecular weight is 401 g/mol. The largest absolute Gasteiger partial charge is 0.489 e. The van der Waals surface area contributed by atoms with Crippen molar-refractivity contribution in [1.82, 2.24) is 0 Å². The molecular weight excluding hydrogens is 364 g/mol. The Balaban J connectivity index is 1.52. The van der Waals surface area contributed by atoms with E-state index in [-0.39, 0.29) is 0 Å². The van der Waals surface area contributed by atoms with Gasteiger partial charge in [-0.2, -0.15) is 0 Å². The first-order valence-electron chi connectivity index (χ1n) is 11.6. The van der Waals surface area contributed by atoms with Crippen molar-refractivity contribution < 1.29 is 4.74 Å². The number of hydrogen-bond acceptors (Lipinski definition) is 1. The highest BCUT2D eigenvalue weighted by Gasteiger charge is 2.03. The smallest absolute Gasteiger partial charge is 0.119 e. The highest BCUT2D eigenvalue weighted by atomic mass is 16.5. The lowest BCUT2D eigenvalue weighted by atomic mass is 9.99. The third-order valence-electron chi connectivity index (χ3n) is 5.92. The monoisotopic (exact) mass is 400 g/mol. The van der Waals surface area contributed by atoms with Crippen LogP contribution in [0.5, 0.6) is 5.75 Å². The Bertz CT molecular complexity index is 860. The molecule has 1 heteroatoms. The van der Waals surface area contributed by atoms with E-state index in [9.17, 15) is 0 Å². The maximum atomic E-state index is 5.99. The van der Waals surface area contributed by atoms with Crippen LogP contribution < -0.4 is 4.74 Å². The summed E-state index contributed by atoms with van der Waals surface area (Å²) >= 11 is 0. The first-order valence-corrected chi connectivity index (χ1v) is 11.6. The van der Waals surface area contributed by atoms with Crippen molar-refractivity contribution in [3.05, 3.63) is 89.5 Å². The molecule has 3 rings (SSSR count). The number of hydrogen-bond donors (Lipinski definition) is 0. The van der Waals surface area contributed by atoms with E-state index in [2.05, 4.69) is 93.6 Å². The lowest BCUT2D eigenvalue weighted by Gasteiger charge is -2.10. The molecule has 0 aromatic heterocycles. The summed E-state index contributed by atoms with van der Waals surface area (Å²) < 4.78 is 5.99. The van der Waals surface area contributed by atoms with Crippen LogP contribution in [0.25, 0.3) is 11.1 Å². The number of unbranched alkanes of at least 4 members (excludes halogenated alkanes) is 2. The summed E-state index contributed by atoms with van der Waals surface area (Å²) in [6.07, 6.45) is 7.41. The van der Waals surface area contributed by atoms with Crippen LogP contribution >= 0.6 is 0 Å². The van der Waals surface area contributed by atoms with E-state index < -0.39 is 0 Å². The summed E-state index contributed by atoms with van der Waals surface area (Å²) in [4.78, 5) is 0. The third kappa shape index (κ3) is 6.76. The van der Waals surface area contributed by atoms with Gasteiger partial charge in [-0.15, -0.1) is 0 Å². The summed E-state index contributed by atoms with van der Waals surface area (Å²) in [6.45, 7) is 7.40. The van der Waals surface area contributed by atoms with Crippen molar-refractivity contribution in [1.29, 1.82) is 0 Å². The molecule has 0 radical (unpaired) electrons. The minimum atomic E-state index is 0.599. The van der Waals surface area contributed by atoms with Gasteiger partial charge in [-0.25, -0.2) is 0 Å². The quantitative estimate of drug-likeness (QED) is 0.294. The fourth-order valence-corrected chi connectivity index (χ4v) is 3.67. The number of benzene rings is 3. The number of ether oxygens (including phenoxy) is 1. The van der Waals surface area contributed by atoms with Gasteiger partial charge in [-0.3, -0.25) is 0 Å². The summed E-state index contributed by atoms with van der Waals surface area (Å²) in [5.74, 6) is 1.66. The van der Waals surface area contributed by atoms with Crippen LogP contribution in [-0.4, -0.2) is 0 Å². The molecule has 0 aliphatic heterocycles. The van der Waals surface area contributed by atoms with Gasteiger partial charge in [0.05, 0.1) is 0 Å². The van der Waals surface area contributed by atoms with E-state index in [1.807, 2.05) is 0 Å². The predicted octanol–water partition coefficient (Wildman–Crippen LogP) is 8.25. The topological polar surface area (TPSA) is 9.23 Å². The molecule has 0 aliphatic carbocycles. The Kier molecular flexibility index (Phi) is 8.56. The summed E-state index contributed by atoms with van der Waals surface area (Å²) in [5, 5.41) is 0. The Labute approximate surface area is 183 Å². The van der Waals surface area contributed by atoms with Gasteiger partial charge in [0, 0.05) is 0 Å². The Morgan fingerprint density at radius 2 is 1.23 bits per heavy atom. The first-order chi connectivity index (χ1) is 14.7. The molecule has 0 heterocycles. The van der Waals surface area contributed by atoms with E-state index >= 15 is 0 Å². The normalized spacial score (nSPS) is 12.0. The van der Waals surface area contributed by atoms with E-state index in [1.165, 1.54) is 59.9 Å². The van der Waals surface area contributed by atoms with Crippen molar-refractivity contribution >= 4 is 0 Å². The van der Waals surface area contributed by atoms with Crippen LogP contribution in [0, 0.1) is 5.92 Å². The highest BCUT2D eigenvalue weighted by Crippen LogP contribution is 2.22. The van der Waals surface area contributed by atoms with E-state index in [1.54, 1.807) is 0 Å². The molecule has 158 valence electrons. The van der Waals surface area contributed by atoms with Gasteiger partial charge >= 0.3 is 0 Å². The van der Waals surface area contributed by atoms with Gasteiger partial charge in [-0.1, -0.05) is 101 Å². The van der Waals surface area contributed by atoms with Crippen molar-refractivity contribution in [3.8, 4) is 16.9 Å². The molecule has 0 N–H and O–H groups in total. The van der Waals surface area contributed by atoms with E-state index in [0.717, 1.165) is 18.1 Å². The minimum Gasteiger partial charge on any atom is -0.489 e. The molecule has 1 unspecified atom stereocenters. The SMILES string of the molecule is CCCCCc1ccc(-c2ccc(COc3ccc(CC(C)CC)cc3)cc2)cc1. The van der Waals surface area contributed by atoms with Crippen LogP contribution in [-0.2, 0) is 19.4 Å². The Morgan fingerprint density at radius 3 is 1.80 bits per heavy atom. The maximum absolute atomic E-state index is 5.99. The van der Waals surface area contributed by atoms with Crippen molar-refractivity contribution in [2.24, 2.45) is 5.92 Å². The highest BCUT2D eigenvalue weighted by molar-refractivity contribution is 5.64. The molecule has 0 amide bonds. The molecule has 30 heavy (non-hydrogen) atoms. The van der Waals surface area contributed by atoms with Crippen LogP contribution in [0.15, 0.2) is 72.8 Å². The van der Waals surface area contributed by atoms with Crippen LogP contribution in [0.3, 0.4) is 0 Å². The second kappa shape index (κ2) is 11.6. The van der Waals surface area contributed by atoms with Gasteiger partial charge < -0.3 is 4.74 Å². The molecule has 0 bridgehead atoms. The lowest BCUT2D eigenvalue weighted by molar-refractivity contribution is 0.306. The summed E-state index contributed by atoms with van der Waals surface area (Å²) in [5.41, 5.74) is 6.55. The van der Waals surface area contributed by atoms with Crippen LogP contribution in [0.1, 0.15) is 63.1 Å². The number of aryl methyl sites for hydroxylation is 1. The van der Waals surface area contributed by atoms with Gasteiger partial charge in [-0.05, 0) is 65.1 Å². The molecule has 3 aromatic carbocycles. The van der Waals surface area contributed by atoms with Gasteiger partial charge in [0.15, 0.2) is 0 Å². The summed E-state index contributed by atoms with van der Waals surface area (Å²) in [6, 6.07) is 26.3. The maximum Gasteiger partial charge on any atom is 0.119 e. The third-order valence-corrected chi connectivity index (χ3v) is 5.92. The molecule has 0 saturated carbocycles. The fourth-order valence-electron chi connectivity index (χ4n) is 3.67. The molecule has 0 spiro atoms. The van der Waals surface area contributed by atoms with Gasteiger partial charge in [0.2, 0.25) is 0 Å².